The van der Waals surface area contributed by atoms with Crippen molar-refractivity contribution in [1.29, 1.82) is 0 Å². The lowest BCUT2D eigenvalue weighted by Gasteiger charge is -2.07. The van der Waals surface area contributed by atoms with Crippen LogP contribution in [0.25, 0.3) is 17.1 Å². The molecule has 0 fully saturated rings. The molecule has 106 valence electrons. The van der Waals surface area contributed by atoms with E-state index in [1.807, 2.05) is 18.2 Å². The molecule has 0 aliphatic carbocycles. The van der Waals surface area contributed by atoms with E-state index in [4.69, 9.17) is 17.3 Å². The van der Waals surface area contributed by atoms with Gasteiger partial charge in [-0.2, -0.15) is 4.68 Å². The lowest BCUT2D eigenvalue weighted by molar-refractivity contribution is 0.791. The summed E-state index contributed by atoms with van der Waals surface area (Å²) in [5, 5.41) is 12.5. The van der Waals surface area contributed by atoms with Gasteiger partial charge >= 0.3 is 0 Å². The minimum atomic E-state index is 0.545. The van der Waals surface area contributed by atoms with E-state index in [1.54, 1.807) is 16.8 Å². The first-order valence-electron chi connectivity index (χ1n) is 6.62. The van der Waals surface area contributed by atoms with Crippen molar-refractivity contribution < 1.29 is 0 Å². The molecule has 0 radical (unpaired) electrons. The van der Waals surface area contributed by atoms with Gasteiger partial charge in [0.1, 0.15) is 0 Å². The Balaban J connectivity index is 2.07. The largest absolute Gasteiger partial charge is 0.398 e. The molecule has 21 heavy (non-hydrogen) atoms. The molecule has 0 spiro atoms. The first-order chi connectivity index (χ1) is 10.2. The van der Waals surface area contributed by atoms with Gasteiger partial charge in [-0.1, -0.05) is 30.7 Å². The summed E-state index contributed by atoms with van der Waals surface area (Å²) in [6.45, 7) is 2.12. The van der Waals surface area contributed by atoms with Crippen LogP contribution in [-0.2, 0) is 6.42 Å². The highest BCUT2D eigenvalue weighted by molar-refractivity contribution is 6.31. The number of nitrogens with two attached hydrogens (primary N) is 1. The van der Waals surface area contributed by atoms with E-state index < -0.39 is 0 Å². The van der Waals surface area contributed by atoms with Crippen molar-refractivity contribution in [1.82, 2.24) is 20.2 Å². The number of hydrogen-bond acceptors (Lipinski definition) is 4. The van der Waals surface area contributed by atoms with Crippen LogP contribution in [0.15, 0.2) is 42.5 Å². The number of nitrogen functional groups attached to an aromatic ring is 1. The summed E-state index contributed by atoms with van der Waals surface area (Å²) in [4.78, 5) is 0. The van der Waals surface area contributed by atoms with Crippen molar-refractivity contribution in [2.24, 2.45) is 0 Å². The van der Waals surface area contributed by atoms with Crippen LogP contribution in [0.1, 0.15) is 12.5 Å². The quantitative estimate of drug-likeness (QED) is 0.754. The van der Waals surface area contributed by atoms with Gasteiger partial charge in [0.15, 0.2) is 5.82 Å². The molecule has 0 atom stereocenters. The fraction of sp³-hybridized carbons (Fsp3) is 0.133. The maximum atomic E-state index is 6.01. The third kappa shape index (κ3) is 2.60. The fourth-order valence-electron chi connectivity index (χ4n) is 2.14. The van der Waals surface area contributed by atoms with Gasteiger partial charge in [0.25, 0.3) is 0 Å². The minimum Gasteiger partial charge on any atom is -0.398 e. The molecule has 0 unspecified atom stereocenters. The Labute approximate surface area is 127 Å². The van der Waals surface area contributed by atoms with Crippen LogP contribution < -0.4 is 5.73 Å². The Morgan fingerprint density at radius 1 is 1.14 bits per heavy atom. The second-order valence-corrected chi connectivity index (χ2v) is 5.10. The summed E-state index contributed by atoms with van der Waals surface area (Å²) >= 11 is 5.93. The predicted octanol–water partition coefficient (Wildman–Crippen LogP) is 3.13. The van der Waals surface area contributed by atoms with Crippen LogP contribution in [0, 0.1) is 0 Å². The van der Waals surface area contributed by atoms with E-state index in [0.717, 1.165) is 17.7 Å². The van der Waals surface area contributed by atoms with E-state index in [-0.39, 0.29) is 0 Å². The van der Waals surface area contributed by atoms with Gasteiger partial charge in [0, 0.05) is 16.3 Å². The molecule has 6 heteroatoms. The Kier molecular flexibility index (Phi) is 3.58. The smallest absolute Gasteiger partial charge is 0.189 e. The van der Waals surface area contributed by atoms with E-state index in [0.29, 0.717) is 16.5 Å². The van der Waals surface area contributed by atoms with E-state index >= 15 is 0 Å². The molecule has 1 aromatic heterocycles. The molecule has 0 saturated heterocycles. The zero-order valence-electron chi connectivity index (χ0n) is 11.5. The molecule has 2 N–H and O–H groups in total. The molecule has 0 aliphatic heterocycles. The lowest BCUT2D eigenvalue weighted by Crippen LogP contribution is -2.01. The minimum absolute atomic E-state index is 0.545. The predicted molar refractivity (Wildman–Crippen MR) is 83.4 cm³/mol. The first-order valence-corrected chi connectivity index (χ1v) is 7.00. The molecular weight excluding hydrogens is 286 g/mol. The Hall–Kier alpha value is -2.40. The summed E-state index contributed by atoms with van der Waals surface area (Å²) < 4.78 is 1.67. The van der Waals surface area contributed by atoms with E-state index in [1.165, 1.54) is 5.56 Å². The number of anilines is 1. The van der Waals surface area contributed by atoms with Gasteiger partial charge in [-0.25, -0.2) is 0 Å². The molecule has 3 rings (SSSR count). The van der Waals surface area contributed by atoms with Crippen LogP contribution >= 0.6 is 11.6 Å². The third-order valence-corrected chi connectivity index (χ3v) is 3.55. The number of tetrazole rings is 1. The van der Waals surface area contributed by atoms with E-state index in [2.05, 4.69) is 34.6 Å². The molecule has 0 bridgehead atoms. The van der Waals surface area contributed by atoms with Gasteiger partial charge < -0.3 is 5.73 Å². The van der Waals surface area contributed by atoms with Crippen molar-refractivity contribution in [3.63, 3.8) is 0 Å². The average Bonchev–Trinajstić information content (AvgIpc) is 2.96. The van der Waals surface area contributed by atoms with Crippen LogP contribution in [0.2, 0.25) is 5.02 Å². The number of rotatable bonds is 3. The molecular formula is C15H14ClN5. The normalized spacial score (nSPS) is 10.8. The second-order valence-electron chi connectivity index (χ2n) is 4.67. The Bertz CT molecular complexity index is 764. The highest BCUT2D eigenvalue weighted by Gasteiger charge is 2.13. The van der Waals surface area contributed by atoms with Gasteiger partial charge in [-0.05, 0) is 52.7 Å². The highest BCUT2D eigenvalue weighted by atomic mass is 35.5. The number of aryl methyl sites for hydroxylation is 1. The summed E-state index contributed by atoms with van der Waals surface area (Å²) in [7, 11) is 0. The first kappa shape index (κ1) is 13.6. The molecule has 0 amide bonds. The topological polar surface area (TPSA) is 69.6 Å². The molecule has 0 saturated carbocycles. The molecule has 2 aromatic carbocycles. The number of hydrogen-bond donors (Lipinski definition) is 1. The number of halogens is 1. The zero-order valence-corrected chi connectivity index (χ0v) is 12.2. The Morgan fingerprint density at radius 3 is 2.57 bits per heavy atom. The van der Waals surface area contributed by atoms with Crippen molar-refractivity contribution in [2.75, 3.05) is 5.73 Å². The number of nitrogens with zero attached hydrogens (tertiary/aromatic N) is 4. The van der Waals surface area contributed by atoms with Crippen molar-refractivity contribution >= 4 is 17.3 Å². The maximum Gasteiger partial charge on any atom is 0.189 e. The summed E-state index contributed by atoms with van der Waals surface area (Å²) in [6, 6.07) is 13.4. The van der Waals surface area contributed by atoms with Crippen molar-refractivity contribution in [3.05, 3.63) is 53.1 Å². The van der Waals surface area contributed by atoms with Crippen molar-refractivity contribution in [2.45, 2.75) is 13.3 Å². The van der Waals surface area contributed by atoms with Crippen LogP contribution in [0.5, 0.6) is 0 Å². The molecule has 0 aliphatic rings. The van der Waals surface area contributed by atoms with Gasteiger partial charge in [-0.15, -0.1) is 5.10 Å². The molecule has 5 nitrogen and oxygen atoms in total. The lowest BCUT2D eigenvalue weighted by atomic mass is 10.1. The van der Waals surface area contributed by atoms with Crippen LogP contribution in [-0.4, -0.2) is 20.2 Å². The SMILES string of the molecule is CCc1ccc(-n2nnnc2-c2ccc(Cl)cc2N)cc1. The number of benzene rings is 2. The zero-order chi connectivity index (χ0) is 14.8. The summed E-state index contributed by atoms with van der Waals surface area (Å²) in [5.41, 5.74) is 9.46. The summed E-state index contributed by atoms with van der Waals surface area (Å²) in [5.74, 6) is 0.591. The van der Waals surface area contributed by atoms with Gasteiger partial charge in [0.2, 0.25) is 0 Å². The Morgan fingerprint density at radius 2 is 1.90 bits per heavy atom. The van der Waals surface area contributed by atoms with Gasteiger partial charge in [0.05, 0.1) is 5.69 Å². The monoisotopic (exact) mass is 299 g/mol. The maximum absolute atomic E-state index is 6.01. The molecule has 3 aromatic rings. The molecule has 1 heterocycles. The highest BCUT2D eigenvalue weighted by Crippen LogP contribution is 2.27. The van der Waals surface area contributed by atoms with Gasteiger partial charge in [-0.3, -0.25) is 0 Å². The standard InChI is InChI=1S/C15H14ClN5/c1-2-10-3-6-12(7-4-10)21-15(18-19-20-21)13-8-5-11(16)9-14(13)17/h3-9H,2,17H2,1H3. The van der Waals surface area contributed by atoms with Crippen LogP contribution in [0.3, 0.4) is 0 Å². The van der Waals surface area contributed by atoms with E-state index in [9.17, 15) is 0 Å². The van der Waals surface area contributed by atoms with Crippen molar-refractivity contribution in [3.8, 4) is 17.1 Å². The second kappa shape index (κ2) is 5.54. The fourth-order valence-corrected chi connectivity index (χ4v) is 2.32. The third-order valence-electron chi connectivity index (χ3n) is 3.31. The summed E-state index contributed by atoms with van der Waals surface area (Å²) in [6.07, 6.45) is 0.993. The number of aromatic nitrogens is 4. The average molecular weight is 300 g/mol. The van der Waals surface area contributed by atoms with Crippen LogP contribution in [0.4, 0.5) is 5.69 Å².